The lowest BCUT2D eigenvalue weighted by Gasteiger charge is -2.16. The predicted molar refractivity (Wildman–Crippen MR) is 138 cm³/mol. The summed E-state index contributed by atoms with van der Waals surface area (Å²) < 4.78 is 35.3. The number of halogens is 2. The van der Waals surface area contributed by atoms with E-state index in [1.54, 1.807) is 24.3 Å². The minimum atomic E-state index is -0.657. The van der Waals surface area contributed by atoms with Crippen LogP contribution in [0.3, 0.4) is 0 Å². The maximum absolute atomic E-state index is 15.0. The molecule has 2 heterocycles. The SMILES string of the molecule is Nc1cc(Oc2ccc(-c3cnc(Nc4ccc(F)cc4)n(Cc4ccccc4)c3=O)cc2F)ccn1. The number of ether oxygens (including phenoxy) is 1. The van der Waals surface area contributed by atoms with Crippen molar-refractivity contribution in [2.75, 3.05) is 11.1 Å². The average Bonchev–Trinajstić information content (AvgIpc) is 2.89. The van der Waals surface area contributed by atoms with Gasteiger partial charge in [-0.1, -0.05) is 36.4 Å². The van der Waals surface area contributed by atoms with Gasteiger partial charge in [-0.25, -0.2) is 18.7 Å². The quantitative estimate of drug-likeness (QED) is 0.297. The molecule has 0 atom stereocenters. The molecule has 0 saturated carbocycles. The number of nitrogens with zero attached hydrogens (tertiary/aromatic N) is 3. The molecule has 3 N–H and O–H groups in total. The lowest BCUT2D eigenvalue weighted by Crippen LogP contribution is -2.26. The minimum Gasteiger partial charge on any atom is -0.454 e. The molecule has 9 heteroatoms. The van der Waals surface area contributed by atoms with Crippen LogP contribution in [0.25, 0.3) is 11.1 Å². The molecule has 3 aromatic carbocycles. The standard InChI is InChI=1S/C28H21F2N5O2/c29-20-7-9-21(10-8-20)34-28-33-16-23(27(36)35(28)17-18-4-2-1-3-5-18)19-6-11-25(24(30)14-19)37-22-12-13-32-26(31)15-22/h1-16H,17H2,(H2,31,32)(H,33,34). The topological polar surface area (TPSA) is 95.1 Å². The molecule has 0 aliphatic rings. The Hall–Kier alpha value is -5.05. The number of nitrogens with one attached hydrogen (secondary N) is 1. The molecule has 0 aliphatic heterocycles. The molecule has 0 unspecified atom stereocenters. The van der Waals surface area contributed by atoms with Gasteiger partial charge in [-0.3, -0.25) is 9.36 Å². The van der Waals surface area contributed by atoms with Crippen molar-refractivity contribution in [1.82, 2.24) is 14.5 Å². The number of nitrogen functional groups attached to an aromatic ring is 1. The van der Waals surface area contributed by atoms with E-state index in [0.29, 0.717) is 17.0 Å². The van der Waals surface area contributed by atoms with Crippen LogP contribution in [0.1, 0.15) is 5.56 Å². The largest absolute Gasteiger partial charge is 0.454 e. The maximum Gasteiger partial charge on any atom is 0.263 e. The van der Waals surface area contributed by atoms with Crippen LogP contribution in [0.5, 0.6) is 11.5 Å². The van der Waals surface area contributed by atoms with Crippen molar-refractivity contribution in [3.8, 4) is 22.6 Å². The molecule has 5 aromatic rings. The van der Waals surface area contributed by atoms with Crippen molar-refractivity contribution in [3.63, 3.8) is 0 Å². The Bertz CT molecular complexity index is 1610. The molecule has 0 fully saturated rings. The Balaban J connectivity index is 1.51. The van der Waals surface area contributed by atoms with Gasteiger partial charge in [0.2, 0.25) is 5.95 Å². The number of nitrogens with two attached hydrogens (primary N) is 1. The third-order valence-electron chi connectivity index (χ3n) is 5.55. The monoisotopic (exact) mass is 497 g/mol. The molecule has 0 spiro atoms. The van der Waals surface area contributed by atoms with Crippen LogP contribution in [-0.4, -0.2) is 14.5 Å². The number of hydrogen-bond acceptors (Lipinski definition) is 6. The van der Waals surface area contributed by atoms with Crippen LogP contribution in [0.4, 0.5) is 26.2 Å². The molecule has 184 valence electrons. The van der Waals surface area contributed by atoms with Gasteiger partial charge in [-0.2, -0.15) is 0 Å². The zero-order valence-corrected chi connectivity index (χ0v) is 19.4. The van der Waals surface area contributed by atoms with Gasteiger partial charge in [0.1, 0.15) is 17.4 Å². The normalized spacial score (nSPS) is 10.8. The first-order valence-corrected chi connectivity index (χ1v) is 11.3. The van der Waals surface area contributed by atoms with E-state index >= 15 is 0 Å². The molecular formula is C28H21F2N5O2. The smallest absolute Gasteiger partial charge is 0.263 e. The molecule has 7 nitrogen and oxygen atoms in total. The summed E-state index contributed by atoms with van der Waals surface area (Å²) in [5.74, 6) is -0.217. The van der Waals surface area contributed by atoms with Crippen molar-refractivity contribution in [2.24, 2.45) is 0 Å². The number of rotatable bonds is 7. The lowest BCUT2D eigenvalue weighted by atomic mass is 10.1. The number of anilines is 3. The maximum atomic E-state index is 15.0. The van der Waals surface area contributed by atoms with E-state index in [2.05, 4.69) is 15.3 Å². The molecule has 0 bridgehead atoms. The Morgan fingerprint density at radius 1 is 0.919 bits per heavy atom. The number of hydrogen-bond donors (Lipinski definition) is 2. The lowest BCUT2D eigenvalue weighted by molar-refractivity contribution is 0.442. The first-order chi connectivity index (χ1) is 18.0. The summed E-state index contributed by atoms with van der Waals surface area (Å²) in [7, 11) is 0. The van der Waals surface area contributed by atoms with Gasteiger partial charge in [0.25, 0.3) is 5.56 Å². The van der Waals surface area contributed by atoms with Crippen molar-refractivity contribution < 1.29 is 13.5 Å². The summed E-state index contributed by atoms with van der Waals surface area (Å²) in [5.41, 5.74) is 7.26. The average molecular weight is 498 g/mol. The highest BCUT2D eigenvalue weighted by Crippen LogP contribution is 2.29. The Morgan fingerprint density at radius 3 is 2.43 bits per heavy atom. The zero-order chi connectivity index (χ0) is 25.8. The Labute approximate surface area is 210 Å². The second kappa shape index (κ2) is 10.3. The molecule has 2 aromatic heterocycles. The van der Waals surface area contributed by atoms with Crippen molar-refractivity contribution in [1.29, 1.82) is 0 Å². The Kier molecular flexibility index (Phi) is 6.58. The third-order valence-corrected chi connectivity index (χ3v) is 5.55. The van der Waals surface area contributed by atoms with Crippen LogP contribution >= 0.6 is 0 Å². The highest BCUT2D eigenvalue weighted by Gasteiger charge is 2.15. The summed E-state index contributed by atoms with van der Waals surface area (Å²) >= 11 is 0. The Morgan fingerprint density at radius 2 is 1.70 bits per heavy atom. The minimum absolute atomic E-state index is 0.0264. The molecule has 5 rings (SSSR count). The van der Waals surface area contributed by atoms with Gasteiger partial charge in [0.15, 0.2) is 11.6 Å². The summed E-state index contributed by atoms with van der Waals surface area (Å²) in [6, 6.07) is 22.4. The molecule has 0 amide bonds. The van der Waals surface area contributed by atoms with Crippen LogP contribution in [0.2, 0.25) is 0 Å². The third kappa shape index (κ3) is 5.46. The van der Waals surface area contributed by atoms with Crippen LogP contribution in [0.15, 0.2) is 102 Å². The molecular weight excluding hydrogens is 476 g/mol. The van der Waals surface area contributed by atoms with E-state index in [-0.39, 0.29) is 41.0 Å². The second-order valence-electron chi connectivity index (χ2n) is 8.17. The summed E-state index contributed by atoms with van der Waals surface area (Å²) in [6.07, 6.45) is 2.84. The summed E-state index contributed by atoms with van der Waals surface area (Å²) in [5, 5.41) is 3.07. The van der Waals surface area contributed by atoms with E-state index in [0.717, 1.165) is 5.56 Å². The fourth-order valence-electron chi connectivity index (χ4n) is 3.73. The van der Waals surface area contributed by atoms with E-state index in [1.807, 2.05) is 30.3 Å². The second-order valence-corrected chi connectivity index (χ2v) is 8.17. The van der Waals surface area contributed by atoms with Crippen LogP contribution in [0, 0.1) is 11.6 Å². The van der Waals surface area contributed by atoms with Crippen LogP contribution < -0.4 is 21.3 Å². The fraction of sp³-hybridized carbons (Fsp3) is 0.0357. The highest BCUT2D eigenvalue weighted by molar-refractivity contribution is 5.64. The summed E-state index contributed by atoms with van der Waals surface area (Å²) in [4.78, 5) is 21.9. The van der Waals surface area contributed by atoms with Crippen molar-refractivity contribution in [3.05, 3.63) is 125 Å². The number of benzene rings is 3. The highest BCUT2D eigenvalue weighted by atomic mass is 19.1. The van der Waals surface area contributed by atoms with Gasteiger partial charge in [-0.15, -0.1) is 0 Å². The van der Waals surface area contributed by atoms with Gasteiger partial charge < -0.3 is 15.8 Å². The van der Waals surface area contributed by atoms with Gasteiger partial charge >= 0.3 is 0 Å². The van der Waals surface area contributed by atoms with Crippen LogP contribution in [-0.2, 0) is 6.54 Å². The fourth-order valence-corrected chi connectivity index (χ4v) is 3.73. The number of aromatic nitrogens is 3. The number of pyridine rings is 1. The van der Waals surface area contributed by atoms with Gasteiger partial charge in [0.05, 0.1) is 12.1 Å². The molecule has 0 saturated heterocycles. The predicted octanol–water partition coefficient (Wildman–Crippen LogP) is 5.75. The van der Waals surface area contributed by atoms with E-state index < -0.39 is 5.82 Å². The summed E-state index contributed by atoms with van der Waals surface area (Å²) in [6.45, 7) is 0.219. The van der Waals surface area contributed by atoms with E-state index in [4.69, 9.17) is 10.5 Å². The van der Waals surface area contributed by atoms with E-state index in [9.17, 15) is 13.6 Å². The molecule has 0 aliphatic carbocycles. The first-order valence-electron chi connectivity index (χ1n) is 11.3. The molecule has 37 heavy (non-hydrogen) atoms. The van der Waals surface area contributed by atoms with Crippen molar-refractivity contribution in [2.45, 2.75) is 6.54 Å². The van der Waals surface area contributed by atoms with Crippen molar-refractivity contribution >= 4 is 17.5 Å². The van der Waals surface area contributed by atoms with Gasteiger partial charge in [-0.05, 0) is 53.6 Å². The van der Waals surface area contributed by atoms with Gasteiger partial charge in [0, 0.05) is 24.1 Å². The van der Waals surface area contributed by atoms with E-state index in [1.165, 1.54) is 47.3 Å². The zero-order valence-electron chi connectivity index (χ0n) is 19.4. The molecule has 0 radical (unpaired) electrons. The first kappa shape index (κ1) is 23.7.